The van der Waals surface area contributed by atoms with Crippen molar-refractivity contribution in [1.82, 2.24) is 24.5 Å². The summed E-state index contributed by atoms with van der Waals surface area (Å²) >= 11 is 0. The van der Waals surface area contributed by atoms with Crippen LogP contribution in [0.25, 0.3) is 23.0 Å². The Kier molecular flexibility index (Phi) is 3.90. The first kappa shape index (κ1) is 15.3. The van der Waals surface area contributed by atoms with Gasteiger partial charge in [-0.05, 0) is 30.9 Å². The van der Waals surface area contributed by atoms with E-state index in [-0.39, 0.29) is 0 Å². The number of nitriles is 1. The van der Waals surface area contributed by atoms with E-state index in [1.165, 1.54) is 12.8 Å². The van der Waals surface area contributed by atoms with Crippen molar-refractivity contribution in [1.29, 1.82) is 5.26 Å². The van der Waals surface area contributed by atoms with Gasteiger partial charge in [0.05, 0.1) is 11.3 Å². The summed E-state index contributed by atoms with van der Waals surface area (Å²) in [5.41, 5.74) is 2.34. The van der Waals surface area contributed by atoms with E-state index in [1.807, 2.05) is 47.2 Å². The summed E-state index contributed by atoms with van der Waals surface area (Å²) in [5, 5.41) is 18.5. The highest BCUT2D eigenvalue weighted by atomic mass is 15.3. The Morgan fingerprint density at radius 3 is 2.80 bits per heavy atom. The van der Waals surface area contributed by atoms with Crippen LogP contribution in [0.4, 0.5) is 0 Å². The smallest absolute Gasteiger partial charge is 0.181 e. The molecule has 124 valence electrons. The normalized spacial score (nSPS) is 14.5. The van der Waals surface area contributed by atoms with E-state index in [2.05, 4.69) is 21.3 Å². The quantitative estimate of drug-likeness (QED) is 0.674. The minimum absolute atomic E-state index is 0.481. The second-order valence-corrected chi connectivity index (χ2v) is 6.30. The number of rotatable bonds is 5. The highest BCUT2D eigenvalue weighted by Gasteiger charge is 2.23. The number of hydrogen-bond acceptors (Lipinski definition) is 4. The van der Waals surface area contributed by atoms with Crippen molar-refractivity contribution >= 4 is 11.6 Å². The molecule has 0 aliphatic heterocycles. The second kappa shape index (κ2) is 6.36. The molecule has 1 fully saturated rings. The fourth-order valence-electron chi connectivity index (χ4n) is 2.79. The van der Waals surface area contributed by atoms with E-state index >= 15 is 0 Å². The molecule has 0 unspecified atom stereocenters. The Morgan fingerprint density at radius 1 is 1.28 bits per heavy atom. The van der Waals surface area contributed by atoms with Crippen molar-refractivity contribution in [3.63, 3.8) is 0 Å². The van der Waals surface area contributed by atoms with Crippen molar-refractivity contribution in [2.24, 2.45) is 13.0 Å². The summed E-state index contributed by atoms with van der Waals surface area (Å²) in [6.07, 6.45) is 6.14. The molecule has 0 spiro atoms. The Morgan fingerprint density at radius 2 is 2.08 bits per heavy atom. The Balaban J connectivity index is 1.69. The van der Waals surface area contributed by atoms with Crippen LogP contribution >= 0.6 is 0 Å². The zero-order valence-electron chi connectivity index (χ0n) is 14.0. The molecule has 1 aliphatic carbocycles. The molecule has 0 atom stereocenters. The van der Waals surface area contributed by atoms with Gasteiger partial charge in [0, 0.05) is 25.4 Å². The van der Waals surface area contributed by atoms with Crippen molar-refractivity contribution in [3.8, 4) is 17.5 Å². The maximum absolute atomic E-state index is 9.64. The monoisotopic (exact) mass is 330 g/mol. The maximum Gasteiger partial charge on any atom is 0.181 e. The number of allylic oxidation sites excluding steroid dienone is 1. The van der Waals surface area contributed by atoms with Crippen LogP contribution in [-0.4, -0.2) is 24.5 Å². The molecule has 2 aromatic heterocycles. The van der Waals surface area contributed by atoms with Gasteiger partial charge in [0.1, 0.15) is 6.07 Å². The van der Waals surface area contributed by atoms with Gasteiger partial charge in [-0.25, -0.2) is 9.67 Å². The molecule has 1 aromatic carbocycles. The fraction of sp³-hybridized carbons (Fsp3) is 0.263. The summed E-state index contributed by atoms with van der Waals surface area (Å²) in [7, 11) is 1.81. The molecule has 0 bridgehead atoms. The summed E-state index contributed by atoms with van der Waals surface area (Å²) in [6.45, 7) is 0.908. The lowest BCUT2D eigenvalue weighted by atomic mass is 10.2. The first-order valence-corrected chi connectivity index (χ1v) is 8.35. The van der Waals surface area contributed by atoms with Gasteiger partial charge in [-0.2, -0.15) is 15.5 Å². The zero-order chi connectivity index (χ0) is 17.2. The van der Waals surface area contributed by atoms with Gasteiger partial charge in [0.2, 0.25) is 0 Å². The highest BCUT2D eigenvalue weighted by molar-refractivity contribution is 5.86. The van der Waals surface area contributed by atoms with Crippen LogP contribution in [0.2, 0.25) is 0 Å². The predicted octanol–water partition coefficient (Wildman–Crippen LogP) is 3.15. The molecule has 0 N–H and O–H groups in total. The third-order valence-corrected chi connectivity index (χ3v) is 4.33. The van der Waals surface area contributed by atoms with Crippen molar-refractivity contribution in [2.75, 3.05) is 0 Å². The molecular weight excluding hydrogens is 312 g/mol. The van der Waals surface area contributed by atoms with Crippen LogP contribution in [0.15, 0.2) is 42.6 Å². The number of nitrogens with zero attached hydrogens (tertiary/aromatic N) is 6. The molecule has 4 rings (SSSR count). The molecule has 2 heterocycles. The lowest BCUT2D eigenvalue weighted by Gasteiger charge is -2.03. The van der Waals surface area contributed by atoms with Crippen LogP contribution in [0.5, 0.6) is 0 Å². The molecule has 3 aromatic rings. The molecular formula is C19H18N6. The van der Waals surface area contributed by atoms with Gasteiger partial charge in [-0.15, -0.1) is 0 Å². The lowest BCUT2D eigenvalue weighted by Crippen LogP contribution is -2.04. The van der Waals surface area contributed by atoms with Crippen LogP contribution in [0.3, 0.4) is 0 Å². The SMILES string of the molecule is Cn1nc(-c2ccccc2)nc1C(C#N)=Cc1ccnn1CC1CC1. The minimum Gasteiger partial charge on any atom is -0.265 e. The molecule has 1 saturated carbocycles. The number of aryl methyl sites for hydroxylation is 1. The molecule has 0 radical (unpaired) electrons. The standard InChI is InChI=1S/C19H18N6/c1-24-19(22-18(23-24)15-5-3-2-4-6-15)16(12-20)11-17-9-10-21-25(17)13-14-7-8-14/h2-6,9-11,14H,7-8,13H2,1H3. The third-order valence-electron chi connectivity index (χ3n) is 4.33. The van der Waals surface area contributed by atoms with Gasteiger partial charge in [0.15, 0.2) is 11.6 Å². The molecule has 0 amide bonds. The Bertz CT molecular complexity index is 953. The number of aromatic nitrogens is 5. The van der Waals surface area contributed by atoms with E-state index in [4.69, 9.17) is 0 Å². The number of benzene rings is 1. The molecule has 6 heteroatoms. The minimum atomic E-state index is 0.481. The number of hydrogen-bond donors (Lipinski definition) is 0. The third kappa shape index (κ3) is 3.22. The van der Waals surface area contributed by atoms with Gasteiger partial charge in [-0.1, -0.05) is 30.3 Å². The van der Waals surface area contributed by atoms with E-state index in [0.29, 0.717) is 17.2 Å². The Hall–Kier alpha value is -3.20. The van der Waals surface area contributed by atoms with Gasteiger partial charge >= 0.3 is 0 Å². The van der Waals surface area contributed by atoms with Gasteiger partial charge < -0.3 is 0 Å². The molecule has 0 saturated heterocycles. The maximum atomic E-state index is 9.64. The highest BCUT2D eigenvalue weighted by Crippen LogP contribution is 2.31. The Labute approximate surface area is 146 Å². The van der Waals surface area contributed by atoms with Crippen LogP contribution in [0.1, 0.15) is 24.4 Å². The average molecular weight is 330 g/mol. The van der Waals surface area contributed by atoms with Crippen molar-refractivity contribution in [3.05, 3.63) is 54.1 Å². The van der Waals surface area contributed by atoms with E-state index in [0.717, 1.165) is 23.7 Å². The van der Waals surface area contributed by atoms with Gasteiger partial charge in [0.25, 0.3) is 0 Å². The first-order chi connectivity index (χ1) is 12.2. The predicted molar refractivity (Wildman–Crippen MR) is 94.9 cm³/mol. The van der Waals surface area contributed by atoms with E-state index in [1.54, 1.807) is 17.9 Å². The van der Waals surface area contributed by atoms with Crippen LogP contribution in [-0.2, 0) is 13.6 Å². The summed E-state index contributed by atoms with van der Waals surface area (Å²) in [4.78, 5) is 4.57. The van der Waals surface area contributed by atoms with Crippen molar-refractivity contribution < 1.29 is 0 Å². The largest absolute Gasteiger partial charge is 0.265 e. The van der Waals surface area contributed by atoms with E-state index in [9.17, 15) is 5.26 Å². The van der Waals surface area contributed by atoms with Crippen molar-refractivity contribution in [2.45, 2.75) is 19.4 Å². The lowest BCUT2D eigenvalue weighted by molar-refractivity contribution is 0.559. The van der Waals surface area contributed by atoms with Gasteiger partial charge in [-0.3, -0.25) is 4.68 Å². The van der Waals surface area contributed by atoms with Crippen LogP contribution in [0, 0.1) is 17.2 Å². The second-order valence-electron chi connectivity index (χ2n) is 6.30. The average Bonchev–Trinajstić information content (AvgIpc) is 3.21. The summed E-state index contributed by atoms with van der Waals surface area (Å²) in [6, 6.07) is 13.9. The first-order valence-electron chi connectivity index (χ1n) is 8.35. The molecule has 6 nitrogen and oxygen atoms in total. The summed E-state index contributed by atoms with van der Waals surface area (Å²) < 4.78 is 3.61. The summed E-state index contributed by atoms with van der Waals surface area (Å²) in [5.74, 6) is 1.89. The zero-order valence-corrected chi connectivity index (χ0v) is 14.0. The topological polar surface area (TPSA) is 72.3 Å². The van der Waals surface area contributed by atoms with Crippen LogP contribution < -0.4 is 0 Å². The molecule has 25 heavy (non-hydrogen) atoms. The fourth-order valence-corrected chi connectivity index (χ4v) is 2.79. The van der Waals surface area contributed by atoms with E-state index < -0.39 is 0 Å². The molecule has 1 aliphatic rings.